The van der Waals surface area contributed by atoms with E-state index in [1.165, 1.54) is 11.3 Å². The standard InChI is InChI=1S/C16H15F3N2O2S/c17-16(18,19)10-20-14(22)7-11-1-3-13(4-2-11)21-15(23)8-12-5-6-24-9-12/h1-6,9H,7-8,10H2,(H,20,22)(H,21,23). The van der Waals surface area contributed by atoms with Crippen LogP contribution in [0.25, 0.3) is 0 Å². The lowest BCUT2D eigenvalue weighted by Gasteiger charge is -2.09. The van der Waals surface area contributed by atoms with Crippen LogP contribution in [-0.4, -0.2) is 24.5 Å². The van der Waals surface area contributed by atoms with Crippen LogP contribution in [0.3, 0.4) is 0 Å². The van der Waals surface area contributed by atoms with Crippen molar-refractivity contribution in [3.63, 3.8) is 0 Å². The highest BCUT2D eigenvalue weighted by atomic mass is 32.1. The number of benzene rings is 1. The van der Waals surface area contributed by atoms with Gasteiger partial charge in [0.15, 0.2) is 0 Å². The first-order valence-corrected chi connectivity index (χ1v) is 7.99. The molecule has 0 saturated heterocycles. The molecular weight excluding hydrogens is 341 g/mol. The molecule has 4 nitrogen and oxygen atoms in total. The third kappa shape index (κ3) is 6.41. The summed E-state index contributed by atoms with van der Waals surface area (Å²) in [6, 6.07) is 8.27. The second-order valence-corrected chi connectivity index (χ2v) is 5.90. The van der Waals surface area contributed by atoms with Gasteiger partial charge in [-0.15, -0.1) is 0 Å². The number of nitrogens with one attached hydrogen (secondary N) is 2. The van der Waals surface area contributed by atoms with E-state index in [2.05, 4.69) is 5.32 Å². The molecule has 0 spiro atoms. The van der Waals surface area contributed by atoms with Crippen molar-refractivity contribution in [3.05, 3.63) is 52.2 Å². The average molecular weight is 356 g/mol. The molecule has 0 aliphatic carbocycles. The zero-order chi connectivity index (χ0) is 17.6. The van der Waals surface area contributed by atoms with Gasteiger partial charge >= 0.3 is 6.18 Å². The van der Waals surface area contributed by atoms with Crippen molar-refractivity contribution >= 4 is 28.8 Å². The normalized spacial score (nSPS) is 11.1. The number of halogens is 3. The predicted octanol–water partition coefficient (Wildman–Crippen LogP) is 3.15. The van der Waals surface area contributed by atoms with Crippen molar-refractivity contribution < 1.29 is 22.8 Å². The number of thiophene rings is 1. The van der Waals surface area contributed by atoms with Crippen LogP contribution >= 0.6 is 11.3 Å². The van der Waals surface area contributed by atoms with Gasteiger partial charge < -0.3 is 10.6 Å². The molecule has 8 heteroatoms. The lowest BCUT2D eigenvalue weighted by atomic mass is 10.1. The van der Waals surface area contributed by atoms with Crippen LogP contribution < -0.4 is 10.6 Å². The molecule has 0 radical (unpaired) electrons. The molecule has 24 heavy (non-hydrogen) atoms. The number of hydrogen-bond donors (Lipinski definition) is 2. The first-order valence-electron chi connectivity index (χ1n) is 7.05. The summed E-state index contributed by atoms with van der Waals surface area (Å²) < 4.78 is 36.0. The van der Waals surface area contributed by atoms with Gasteiger partial charge in [0.05, 0.1) is 12.8 Å². The SMILES string of the molecule is O=C(Cc1ccc(NC(=O)Cc2ccsc2)cc1)NCC(F)(F)F. The topological polar surface area (TPSA) is 58.2 Å². The maximum atomic E-state index is 12.0. The van der Waals surface area contributed by atoms with E-state index in [-0.39, 0.29) is 18.7 Å². The second-order valence-electron chi connectivity index (χ2n) is 5.12. The summed E-state index contributed by atoms with van der Waals surface area (Å²) in [6.45, 7) is -1.34. The summed E-state index contributed by atoms with van der Waals surface area (Å²) in [6.07, 6.45) is -4.31. The fourth-order valence-electron chi connectivity index (χ4n) is 1.94. The minimum absolute atomic E-state index is 0.154. The van der Waals surface area contributed by atoms with Gasteiger partial charge in [-0.25, -0.2) is 0 Å². The Hall–Kier alpha value is -2.35. The van der Waals surface area contributed by atoms with Gasteiger partial charge in [0, 0.05) is 5.69 Å². The summed E-state index contributed by atoms with van der Waals surface area (Å²) >= 11 is 1.51. The van der Waals surface area contributed by atoms with Gasteiger partial charge in [-0.3, -0.25) is 9.59 Å². The van der Waals surface area contributed by atoms with Crippen LogP contribution in [0.2, 0.25) is 0 Å². The summed E-state index contributed by atoms with van der Waals surface area (Å²) in [7, 11) is 0. The summed E-state index contributed by atoms with van der Waals surface area (Å²) in [5.41, 5.74) is 2.05. The molecule has 0 bridgehead atoms. The number of anilines is 1. The first-order chi connectivity index (χ1) is 11.3. The fraction of sp³-hybridized carbons (Fsp3) is 0.250. The molecule has 0 saturated carbocycles. The summed E-state index contributed by atoms with van der Waals surface area (Å²) in [4.78, 5) is 23.3. The van der Waals surface area contributed by atoms with Crippen molar-refractivity contribution in [1.29, 1.82) is 0 Å². The first kappa shape index (κ1) is 18.0. The molecule has 1 aromatic carbocycles. The molecule has 2 aromatic rings. The lowest BCUT2D eigenvalue weighted by Crippen LogP contribution is -2.34. The average Bonchev–Trinajstić information content (AvgIpc) is 2.99. The summed E-state index contributed by atoms with van der Waals surface area (Å²) in [5, 5.41) is 8.31. The van der Waals surface area contributed by atoms with E-state index in [0.717, 1.165) is 5.56 Å². The third-order valence-electron chi connectivity index (χ3n) is 3.03. The Bertz CT molecular complexity index is 682. The van der Waals surface area contributed by atoms with Gasteiger partial charge in [0.25, 0.3) is 0 Å². The highest BCUT2D eigenvalue weighted by molar-refractivity contribution is 7.08. The molecule has 0 aliphatic heterocycles. The Morgan fingerprint density at radius 2 is 1.62 bits per heavy atom. The van der Waals surface area contributed by atoms with Crippen LogP contribution in [0.4, 0.5) is 18.9 Å². The Balaban J connectivity index is 1.82. The Labute approximate surface area is 140 Å². The van der Waals surface area contributed by atoms with Crippen molar-refractivity contribution in [2.75, 3.05) is 11.9 Å². The quantitative estimate of drug-likeness (QED) is 0.835. The van der Waals surface area contributed by atoms with Gasteiger partial charge in [0.2, 0.25) is 11.8 Å². The molecule has 1 heterocycles. The summed E-state index contributed by atoms with van der Waals surface area (Å²) in [5.74, 6) is -0.870. The zero-order valence-electron chi connectivity index (χ0n) is 12.5. The smallest absolute Gasteiger partial charge is 0.347 e. The van der Waals surface area contributed by atoms with Crippen LogP contribution in [0, 0.1) is 0 Å². The fourth-order valence-corrected chi connectivity index (χ4v) is 2.61. The molecule has 2 rings (SSSR count). The number of hydrogen-bond acceptors (Lipinski definition) is 3. The van der Waals surface area contributed by atoms with E-state index in [4.69, 9.17) is 0 Å². The molecular formula is C16H15F3N2O2S. The molecule has 128 valence electrons. The largest absolute Gasteiger partial charge is 0.405 e. The molecule has 0 unspecified atom stereocenters. The third-order valence-corrected chi connectivity index (χ3v) is 3.77. The van der Waals surface area contributed by atoms with Gasteiger partial charge in [-0.1, -0.05) is 12.1 Å². The Morgan fingerprint density at radius 1 is 0.958 bits per heavy atom. The molecule has 2 amide bonds. The van der Waals surface area contributed by atoms with Gasteiger partial charge in [0.1, 0.15) is 6.54 Å². The lowest BCUT2D eigenvalue weighted by molar-refractivity contribution is -0.138. The van der Waals surface area contributed by atoms with Crippen LogP contribution in [-0.2, 0) is 22.4 Å². The molecule has 0 aliphatic rings. The molecule has 0 atom stereocenters. The van der Waals surface area contributed by atoms with Gasteiger partial charge in [-0.2, -0.15) is 24.5 Å². The van der Waals surface area contributed by atoms with Crippen LogP contribution in [0.5, 0.6) is 0 Å². The number of rotatable bonds is 6. The van der Waals surface area contributed by atoms with Crippen molar-refractivity contribution in [2.45, 2.75) is 19.0 Å². The minimum atomic E-state index is -4.42. The van der Waals surface area contributed by atoms with E-state index in [9.17, 15) is 22.8 Å². The number of alkyl halides is 3. The number of carbonyl (C=O) groups is 2. The molecule has 2 N–H and O–H groups in total. The maximum absolute atomic E-state index is 12.0. The maximum Gasteiger partial charge on any atom is 0.405 e. The van der Waals surface area contributed by atoms with Crippen molar-refractivity contribution in [3.8, 4) is 0 Å². The predicted molar refractivity (Wildman–Crippen MR) is 85.9 cm³/mol. The molecule has 1 aromatic heterocycles. The minimum Gasteiger partial charge on any atom is -0.347 e. The highest BCUT2D eigenvalue weighted by Gasteiger charge is 2.27. The van der Waals surface area contributed by atoms with E-state index in [1.54, 1.807) is 24.3 Å². The van der Waals surface area contributed by atoms with Gasteiger partial charge in [-0.05, 0) is 40.1 Å². The van der Waals surface area contributed by atoms with Crippen molar-refractivity contribution in [1.82, 2.24) is 5.32 Å². The monoisotopic (exact) mass is 356 g/mol. The van der Waals surface area contributed by atoms with E-state index in [0.29, 0.717) is 11.3 Å². The van der Waals surface area contributed by atoms with Crippen LogP contribution in [0.15, 0.2) is 41.1 Å². The van der Waals surface area contributed by atoms with E-state index in [1.807, 2.05) is 22.1 Å². The molecule has 0 fully saturated rings. The number of carbonyl (C=O) groups excluding carboxylic acids is 2. The zero-order valence-corrected chi connectivity index (χ0v) is 13.3. The van der Waals surface area contributed by atoms with Crippen LogP contribution in [0.1, 0.15) is 11.1 Å². The highest BCUT2D eigenvalue weighted by Crippen LogP contribution is 2.14. The van der Waals surface area contributed by atoms with E-state index < -0.39 is 18.6 Å². The van der Waals surface area contributed by atoms with E-state index >= 15 is 0 Å². The number of amides is 2. The second kappa shape index (κ2) is 7.96. The Kier molecular flexibility index (Phi) is 5.97. The van der Waals surface area contributed by atoms with Crippen molar-refractivity contribution in [2.24, 2.45) is 0 Å². The Morgan fingerprint density at radius 3 is 2.21 bits per heavy atom.